The number of phenolic OH excluding ortho intramolecular Hbond substituents is 1. The second-order valence-electron chi connectivity index (χ2n) is 3.64. The van der Waals surface area contributed by atoms with Gasteiger partial charge in [-0.05, 0) is 35.7 Å². The molecule has 0 bridgehead atoms. The third-order valence-corrected chi connectivity index (χ3v) is 3.14. The molecule has 0 radical (unpaired) electrons. The first-order chi connectivity index (χ1) is 9.16. The molecule has 0 atom stereocenters. The molecule has 98 valence electrons. The highest BCUT2D eigenvalue weighted by atomic mass is 32.1. The molecule has 0 fully saturated rings. The molecule has 0 spiro atoms. The molecule has 1 aromatic heterocycles. The lowest BCUT2D eigenvalue weighted by molar-refractivity contribution is -0.129. The van der Waals surface area contributed by atoms with E-state index in [2.05, 4.69) is 5.16 Å². The van der Waals surface area contributed by atoms with Gasteiger partial charge in [0.15, 0.2) is 12.3 Å². The Labute approximate surface area is 113 Å². The van der Waals surface area contributed by atoms with Gasteiger partial charge in [-0.15, -0.1) is 11.3 Å². The van der Waals surface area contributed by atoms with Crippen molar-refractivity contribution in [2.45, 2.75) is 6.61 Å². The first-order valence-electron chi connectivity index (χ1n) is 5.42. The van der Waals surface area contributed by atoms with E-state index in [0.29, 0.717) is 5.56 Å². The van der Waals surface area contributed by atoms with E-state index < -0.39 is 5.97 Å². The van der Waals surface area contributed by atoms with Crippen molar-refractivity contribution in [2.75, 3.05) is 0 Å². The van der Waals surface area contributed by atoms with Crippen LogP contribution in [0, 0.1) is 0 Å². The van der Waals surface area contributed by atoms with Crippen LogP contribution in [0.1, 0.15) is 10.4 Å². The highest BCUT2D eigenvalue weighted by Gasteiger charge is 2.13. The Balaban J connectivity index is 2.11. The van der Waals surface area contributed by atoms with Gasteiger partial charge in [-0.2, -0.15) is 0 Å². The van der Waals surface area contributed by atoms with Crippen LogP contribution in [0.25, 0.3) is 0 Å². The lowest BCUT2D eigenvalue weighted by atomic mass is 10.1. The van der Waals surface area contributed by atoms with Crippen LogP contribution in [0.4, 0.5) is 0 Å². The Hall–Kier alpha value is -2.34. The second kappa shape index (κ2) is 6.01. The van der Waals surface area contributed by atoms with Crippen molar-refractivity contribution in [1.82, 2.24) is 0 Å². The number of thiophene rings is 1. The van der Waals surface area contributed by atoms with Gasteiger partial charge in [-0.3, -0.25) is 0 Å². The third kappa shape index (κ3) is 3.56. The predicted molar refractivity (Wildman–Crippen MR) is 71.4 cm³/mol. The number of oxime groups is 1. The van der Waals surface area contributed by atoms with Crippen molar-refractivity contribution in [1.29, 1.82) is 0 Å². The SMILES string of the molecule is O=C(O)/C(=N\OCc1cccs1)c1ccc(O)cc1. The highest BCUT2D eigenvalue weighted by Crippen LogP contribution is 2.13. The summed E-state index contributed by atoms with van der Waals surface area (Å²) in [5.41, 5.74) is 0.174. The van der Waals surface area contributed by atoms with Crippen molar-refractivity contribution in [3.05, 3.63) is 52.2 Å². The number of carboxylic acid groups (broad SMARTS) is 1. The van der Waals surface area contributed by atoms with Gasteiger partial charge < -0.3 is 15.1 Å². The van der Waals surface area contributed by atoms with E-state index in [1.54, 1.807) is 0 Å². The van der Waals surface area contributed by atoms with Crippen molar-refractivity contribution < 1.29 is 19.8 Å². The monoisotopic (exact) mass is 277 g/mol. The summed E-state index contributed by atoms with van der Waals surface area (Å²) >= 11 is 1.51. The molecule has 1 aromatic carbocycles. The molecule has 2 aromatic rings. The van der Waals surface area contributed by atoms with Gasteiger partial charge >= 0.3 is 5.97 Å². The molecule has 5 nitrogen and oxygen atoms in total. The molecule has 1 heterocycles. The molecular formula is C13H11NO4S. The van der Waals surface area contributed by atoms with E-state index in [1.165, 1.54) is 35.6 Å². The summed E-state index contributed by atoms with van der Waals surface area (Å²) in [4.78, 5) is 17.1. The normalized spacial score (nSPS) is 11.3. The van der Waals surface area contributed by atoms with Gasteiger partial charge in [0.1, 0.15) is 5.75 Å². The Morgan fingerprint density at radius 1 is 1.26 bits per heavy atom. The zero-order valence-electron chi connectivity index (χ0n) is 9.81. The van der Waals surface area contributed by atoms with E-state index in [-0.39, 0.29) is 18.1 Å². The summed E-state index contributed by atoms with van der Waals surface area (Å²) < 4.78 is 0. The van der Waals surface area contributed by atoms with E-state index >= 15 is 0 Å². The topological polar surface area (TPSA) is 79.1 Å². The van der Waals surface area contributed by atoms with E-state index in [0.717, 1.165) is 4.88 Å². The Kier molecular flexibility index (Phi) is 4.15. The largest absolute Gasteiger partial charge is 0.508 e. The number of benzene rings is 1. The minimum atomic E-state index is -1.18. The van der Waals surface area contributed by atoms with Gasteiger partial charge in [-0.25, -0.2) is 4.79 Å². The van der Waals surface area contributed by atoms with Gasteiger partial charge in [-0.1, -0.05) is 11.2 Å². The number of hydrogen-bond donors (Lipinski definition) is 2. The van der Waals surface area contributed by atoms with E-state index in [9.17, 15) is 4.79 Å². The molecule has 0 aliphatic rings. The molecule has 6 heteroatoms. The standard InChI is InChI=1S/C13H11NO4S/c15-10-5-3-9(4-6-10)12(13(16)17)14-18-8-11-2-1-7-19-11/h1-7,15H,8H2,(H,16,17)/b14-12-. The highest BCUT2D eigenvalue weighted by molar-refractivity contribution is 7.09. The van der Waals surface area contributed by atoms with Crippen molar-refractivity contribution in [2.24, 2.45) is 5.16 Å². The predicted octanol–water partition coefficient (Wildman–Crippen LogP) is 2.46. The summed E-state index contributed by atoms with van der Waals surface area (Å²) in [5, 5.41) is 23.8. The minimum absolute atomic E-state index is 0.0630. The van der Waals surface area contributed by atoms with Crippen LogP contribution in [0.15, 0.2) is 46.9 Å². The summed E-state index contributed by atoms with van der Waals surface area (Å²) in [6.07, 6.45) is 0. The molecule has 0 saturated heterocycles. The molecule has 0 amide bonds. The zero-order valence-corrected chi connectivity index (χ0v) is 10.6. The second-order valence-corrected chi connectivity index (χ2v) is 4.68. The number of nitrogens with zero attached hydrogens (tertiary/aromatic N) is 1. The molecule has 0 saturated carbocycles. The fourth-order valence-electron chi connectivity index (χ4n) is 1.39. The smallest absolute Gasteiger partial charge is 0.358 e. The van der Waals surface area contributed by atoms with Crippen LogP contribution in [-0.4, -0.2) is 21.9 Å². The fraction of sp³-hybridized carbons (Fsp3) is 0.0769. The fourth-order valence-corrected chi connectivity index (χ4v) is 2.00. The summed E-state index contributed by atoms with van der Waals surface area (Å²) in [5.74, 6) is -1.12. The Morgan fingerprint density at radius 2 is 2.00 bits per heavy atom. The Morgan fingerprint density at radius 3 is 2.58 bits per heavy atom. The molecule has 2 rings (SSSR count). The third-order valence-electron chi connectivity index (χ3n) is 2.29. The van der Waals surface area contributed by atoms with Crippen LogP contribution in [-0.2, 0) is 16.2 Å². The van der Waals surface area contributed by atoms with Gasteiger partial charge in [0.2, 0.25) is 0 Å². The van der Waals surface area contributed by atoms with Gasteiger partial charge in [0.25, 0.3) is 0 Å². The maximum Gasteiger partial charge on any atom is 0.358 e. The summed E-state index contributed by atoms with van der Waals surface area (Å²) in [6.45, 7) is 0.229. The van der Waals surface area contributed by atoms with Crippen LogP contribution in [0.5, 0.6) is 5.75 Å². The number of aliphatic carboxylic acids is 1. The van der Waals surface area contributed by atoms with Crippen LogP contribution >= 0.6 is 11.3 Å². The van der Waals surface area contributed by atoms with E-state index in [1.807, 2.05) is 17.5 Å². The quantitative estimate of drug-likeness (QED) is 0.650. The maximum atomic E-state index is 11.1. The lowest BCUT2D eigenvalue weighted by Crippen LogP contribution is -2.14. The summed E-state index contributed by atoms with van der Waals surface area (Å²) in [7, 11) is 0. The van der Waals surface area contributed by atoms with Gasteiger partial charge in [0, 0.05) is 10.4 Å². The average molecular weight is 277 g/mol. The number of phenols is 1. The molecule has 2 N–H and O–H groups in total. The molecule has 19 heavy (non-hydrogen) atoms. The first kappa shape index (κ1) is 13.1. The molecule has 0 aliphatic carbocycles. The lowest BCUT2D eigenvalue weighted by Gasteiger charge is -2.02. The van der Waals surface area contributed by atoms with Gasteiger partial charge in [0.05, 0.1) is 0 Å². The average Bonchev–Trinajstić information content (AvgIpc) is 2.89. The maximum absolute atomic E-state index is 11.1. The number of carbonyl (C=O) groups is 1. The van der Waals surface area contributed by atoms with Crippen molar-refractivity contribution in [3.8, 4) is 5.75 Å². The van der Waals surface area contributed by atoms with Crippen LogP contribution < -0.4 is 0 Å². The minimum Gasteiger partial charge on any atom is -0.508 e. The van der Waals surface area contributed by atoms with Crippen molar-refractivity contribution in [3.63, 3.8) is 0 Å². The van der Waals surface area contributed by atoms with Crippen LogP contribution in [0.3, 0.4) is 0 Å². The first-order valence-corrected chi connectivity index (χ1v) is 6.30. The number of hydrogen-bond acceptors (Lipinski definition) is 5. The number of aromatic hydroxyl groups is 1. The van der Waals surface area contributed by atoms with Crippen LogP contribution in [0.2, 0.25) is 0 Å². The summed E-state index contributed by atoms with van der Waals surface area (Å²) in [6, 6.07) is 9.49. The molecule has 0 unspecified atom stereocenters. The number of rotatable bonds is 5. The molecule has 0 aliphatic heterocycles. The Bertz CT molecular complexity index is 575. The zero-order chi connectivity index (χ0) is 13.7. The van der Waals surface area contributed by atoms with Crippen molar-refractivity contribution >= 4 is 23.0 Å². The molecular weight excluding hydrogens is 266 g/mol. The van der Waals surface area contributed by atoms with E-state index in [4.69, 9.17) is 15.1 Å². The number of carboxylic acids is 1.